The molecule has 0 bridgehead atoms. The van der Waals surface area contributed by atoms with Crippen molar-refractivity contribution < 1.29 is 14.7 Å². The Balaban J connectivity index is 2.35. The van der Waals surface area contributed by atoms with Crippen LogP contribution in [0.4, 0.5) is 5.69 Å². The summed E-state index contributed by atoms with van der Waals surface area (Å²) in [6, 6.07) is 6.55. The van der Waals surface area contributed by atoms with Gasteiger partial charge in [-0.15, -0.1) is 11.3 Å². The summed E-state index contributed by atoms with van der Waals surface area (Å²) >= 11 is 4.65. The number of carbonyl (C=O) groups excluding carboxylic acids is 1. The Kier molecular flexibility index (Phi) is 4.25. The minimum absolute atomic E-state index is 0.0534. The van der Waals surface area contributed by atoms with Gasteiger partial charge in [0.25, 0.3) is 5.91 Å². The molecule has 2 rings (SSSR count). The topological polar surface area (TPSA) is 66.4 Å². The Hall–Kier alpha value is -1.66. The van der Waals surface area contributed by atoms with Gasteiger partial charge in [-0.2, -0.15) is 0 Å². The molecule has 0 atom stereocenters. The summed E-state index contributed by atoms with van der Waals surface area (Å²) in [6.45, 7) is 3.88. The molecule has 6 heteroatoms. The quantitative estimate of drug-likeness (QED) is 0.873. The predicted octanol–water partition coefficient (Wildman–Crippen LogP) is 4.08. The molecule has 0 aliphatic carbocycles. The molecule has 1 heterocycles. The lowest BCUT2D eigenvalue weighted by Crippen LogP contribution is -2.14. The van der Waals surface area contributed by atoms with Crippen LogP contribution in [0.1, 0.15) is 30.5 Å². The molecular formula is C14H12BrNO3S. The molecule has 104 valence electrons. The number of aromatic carboxylic acids is 1. The van der Waals surface area contributed by atoms with Gasteiger partial charge in [0.2, 0.25) is 0 Å². The molecule has 1 aromatic heterocycles. The molecule has 0 saturated heterocycles. The highest BCUT2D eigenvalue weighted by molar-refractivity contribution is 9.10. The Morgan fingerprint density at radius 1 is 1.30 bits per heavy atom. The number of carboxylic acid groups (broad SMARTS) is 1. The zero-order valence-corrected chi connectivity index (χ0v) is 13.3. The van der Waals surface area contributed by atoms with Crippen LogP contribution in [0, 0.1) is 13.8 Å². The number of halogens is 1. The molecule has 2 aromatic rings. The van der Waals surface area contributed by atoms with Gasteiger partial charge in [0.1, 0.15) is 0 Å². The maximum absolute atomic E-state index is 12.2. The summed E-state index contributed by atoms with van der Waals surface area (Å²) in [4.78, 5) is 25.0. The number of rotatable bonds is 3. The molecule has 0 aliphatic heterocycles. The van der Waals surface area contributed by atoms with Crippen molar-refractivity contribution in [2.75, 3.05) is 5.32 Å². The van der Waals surface area contributed by atoms with Crippen LogP contribution in [0.3, 0.4) is 0 Å². The molecule has 0 radical (unpaired) electrons. The summed E-state index contributed by atoms with van der Waals surface area (Å²) < 4.78 is 0.538. The molecule has 0 spiro atoms. The number of carboxylic acids is 1. The van der Waals surface area contributed by atoms with Gasteiger partial charge in [-0.25, -0.2) is 4.79 Å². The second-order valence-corrected chi connectivity index (χ2v) is 6.38. The lowest BCUT2D eigenvalue weighted by atomic mass is 10.1. The SMILES string of the molecule is Cc1cc(C(=O)Nc2c(Br)cccc2C(=O)O)sc1C. The molecule has 0 fully saturated rings. The third-order valence-corrected chi connectivity index (χ3v) is 4.68. The van der Waals surface area contributed by atoms with E-state index in [0.717, 1.165) is 10.4 Å². The van der Waals surface area contributed by atoms with Gasteiger partial charge in [0.05, 0.1) is 16.1 Å². The van der Waals surface area contributed by atoms with E-state index in [0.29, 0.717) is 9.35 Å². The first-order chi connectivity index (χ1) is 9.40. The van der Waals surface area contributed by atoms with Gasteiger partial charge in [0, 0.05) is 9.35 Å². The van der Waals surface area contributed by atoms with Crippen LogP contribution in [-0.2, 0) is 0 Å². The fraction of sp³-hybridized carbons (Fsp3) is 0.143. The third kappa shape index (κ3) is 2.91. The number of para-hydroxylation sites is 1. The van der Waals surface area contributed by atoms with Crippen molar-refractivity contribution >= 4 is 44.8 Å². The average Bonchev–Trinajstić information content (AvgIpc) is 2.72. The van der Waals surface area contributed by atoms with Crippen LogP contribution < -0.4 is 5.32 Å². The normalized spacial score (nSPS) is 10.3. The molecule has 0 saturated carbocycles. The Morgan fingerprint density at radius 2 is 2.00 bits per heavy atom. The first-order valence-corrected chi connectivity index (χ1v) is 7.41. The molecule has 1 amide bonds. The zero-order chi connectivity index (χ0) is 14.9. The summed E-state index contributed by atoms with van der Waals surface area (Å²) in [7, 11) is 0. The number of thiophene rings is 1. The Bertz CT molecular complexity index is 674. The molecule has 20 heavy (non-hydrogen) atoms. The molecule has 1 aromatic carbocycles. The maximum Gasteiger partial charge on any atom is 0.337 e. The number of hydrogen-bond acceptors (Lipinski definition) is 3. The average molecular weight is 354 g/mol. The van der Waals surface area contributed by atoms with Crippen molar-refractivity contribution in [3.05, 3.63) is 49.6 Å². The number of amides is 1. The Labute approximate surface area is 128 Å². The number of benzene rings is 1. The van der Waals surface area contributed by atoms with Gasteiger partial charge >= 0.3 is 5.97 Å². The van der Waals surface area contributed by atoms with E-state index in [1.165, 1.54) is 17.4 Å². The van der Waals surface area contributed by atoms with Crippen LogP contribution >= 0.6 is 27.3 Å². The standard InChI is InChI=1S/C14H12BrNO3S/c1-7-6-11(20-8(7)2)13(17)16-12-9(14(18)19)4-3-5-10(12)15/h3-6H,1-2H3,(H,16,17)(H,18,19). The van der Waals surface area contributed by atoms with Gasteiger partial charge in [-0.3, -0.25) is 4.79 Å². The minimum atomic E-state index is -1.08. The predicted molar refractivity (Wildman–Crippen MR) is 82.8 cm³/mol. The van der Waals surface area contributed by atoms with Crippen LogP contribution in [-0.4, -0.2) is 17.0 Å². The van der Waals surface area contributed by atoms with Crippen molar-refractivity contribution in [3.8, 4) is 0 Å². The van der Waals surface area contributed by atoms with Crippen molar-refractivity contribution in [2.24, 2.45) is 0 Å². The number of hydrogen-bond donors (Lipinski definition) is 2. The molecule has 4 nitrogen and oxygen atoms in total. The Morgan fingerprint density at radius 3 is 2.55 bits per heavy atom. The van der Waals surface area contributed by atoms with Gasteiger partial charge in [-0.05, 0) is 53.5 Å². The first-order valence-electron chi connectivity index (χ1n) is 5.80. The lowest BCUT2D eigenvalue weighted by Gasteiger charge is -2.09. The van der Waals surface area contributed by atoms with E-state index in [2.05, 4.69) is 21.2 Å². The summed E-state index contributed by atoms with van der Waals surface area (Å²) in [5.41, 5.74) is 1.37. The van der Waals surface area contributed by atoms with Gasteiger partial charge < -0.3 is 10.4 Å². The van der Waals surface area contributed by atoms with Crippen molar-refractivity contribution in [1.29, 1.82) is 0 Å². The van der Waals surface area contributed by atoms with Gasteiger partial charge in [0.15, 0.2) is 0 Å². The number of aryl methyl sites for hydroxylation is 2. The lowest BCUT2D eigenvalue weighted by molar-refractivity contribution is 0.0698. The zero-order valence-electron chi connectivity index (χ0n) is 10.9. The highest BCUT2D eigenvalue weighted by Gasteiger charge is 2.17. The second kappa shape index (κ2) is 5.76. The third-order valence-electron chi connectivity index (χ3n) is 2.87. The van der Waals surface area contributed by atoms with Crippen LogP contribution in [0.2, 0.25) is 0 Å². The summed E-state index contributed by atoms with van der Waals surface area (Å²) in [6.07, 6.45) is 0. The van der Waals surface area contributed by atoms with E-state index in [1.54, 1.807) is 18.2 Å². The van der Waals surface area contributed by atoms with E-state index in [1.807, 2.05) is 13.8 Å². The molecule has 0 aliphatic rings. The second-order valence-electron chi connectivity index (χ2n) is 4.27. The van der Waals surface area contributed by atoms with E-state index in [4.69, 9.17) is 5.11 Å². The van der Waals surface area contributed by atoms with Crippen molar-refractivity contribution in [2.45, 2.75) is 13.8 Å². The van der Waals surface area contributed by atoms with E-state index >= 15 is 0 Å². The monoisotopic (exact) mass is 353 g/mol. The molecular weight excluding hydrogens is 342 g/mol. The maximum atomic E-state index is 12.2. The minimum Gasteiger partial charge on any atom is -0.478 e. The number of nitrogens with one attached hydrogen (secondary N) is 1. The fourth-order valence-corrected chi connectivity index (χ4v) is 3.08. The van der Waals surface area contributed by atoms with Gasteiger partial charge in [-0.1, -0.05) is 6.07 Å². The van der Waals surface area contributed by atoms with Crippen molar-refractivity contribution in [1.82, 2.24) is 0 Å². The summed E-state index contributed by atoms with van der Waals surface area (Å²) in [5.74, 6) is -1.39. The van der Waals surface area contributed by atoms with E-state index < -0.39 is 5.97 Å². The largest absolute Gasteiger partial charge is 0.478 e. The van der Waals surface area contributed by atoms with Crippen LogP contribution in [0.15, 0.2) is 28.7 Å². The highest BCUT2D eigenvalue weighted by atomic mass is 79.9. The first kappa shape index (κ1) is 14.7. The highest BCUT2D eigenvalue weighted by Crippen LogP contribution is 2.28. The molecule has 2 N–H and O–H groups in total. The van der Waals surface area contributed by atoms with Crippen LogP contribution in [0.5, 0.6) is 0 Å². The number of carbonyl (C=O) groups is 2. The summed E-state index contributed by atoms with van der Waals surface area (Å²) in [5, 5.41) is 11.8. The molecule has 0 unspecified atom stereocenters. The van der Waals surface area contributed by atoms with E-state index in [-0.39, 0.29) is 17.2 Å². The fourth-order valence-electron chi connectivity index (χ4n) is 1.69. The van der Waals surface area contributed by atoms with Crippen molar-refractivity contribution in [3.63, 3.8) is 0 Å². The smallest absolute Gasteiger partial charge is 0.337 e. The number of anilines is 1. The van der Waals surface area contributed by atoms with Crippen LogP contribution in [0.25, 0.3) is 0 Å². The van der Waals surface area contributed by atoms with E-state index in [9.17, 15) is 9.59 Å².